The fourth-order valence-electron chi connectivity index (χ4n) is 7.69. The first-order valence-electron chi connectivity index (χ1n) is 19.9. The van der Waals surface area contributed by atoms with E-state index in [2.05, 4.69) is 0 Å². The Labute approximate surface area is 360 Å². The molecule has 0 saturated carbocycles. The van der Waals surface area contributed by atoms with Crippen LogP contribution >= 0.6 is 0 Å². The van der Waals surface area contributed by atoms with Crippen molar-refractivity contribution in [2.24, 2.45) is 0 Å². The molecule has 20 atom stereocenters. The summed E-state index contributed by atoms with van der Waals surface area (Å²) in [5.74, 6) is -2.49. The number of phenolic OH excluding ortho intramolecular Hbond substituents is 2. The molecule has 0 aliphatic carbocycles. The van der Waals surface area contributed by atoms with Gasteiger partial charge in [0.25, 0.3) is 0 Å². The second kappa shape index (κ2) is 19.5. The molecule has 5 heterocycles. The zero-order chi connectivity index (χ0) is 46.5. The van der Waals surface area contributed by atoms with Crippen molar-refractivity contribution in [3.05, 3.63) is 46.6 Å². The first-order chi connectivity index (χ1) is 30.4. The molecule has 25 nitrogen and oxygen atoms in total. The topological polar surface area (TPSA) is 408 Å². The Bertz CT molecular complexity index is 2100. The lowest BCUT2D eigenvalue weighted by molar-refractivity contribution is -0.389. The second-order valence-corrected chi connectivity index (χ2v) is 15.7. The number of aliphatic hydroxyl groups is 13. The lowest BCUT2D eigenvalue weighted by Gasteiger charge is -2.48. The lowest BCUT2D eigenvalue weighted by atomic mass is 9.96. The van der Waals surface area contributed by atoms with E-state index >= 15 is 0 Å². The molecular weight excluding hydrogens is 868 g/mol. The summed E-state index contributed by atoms with van der Waals surface area (Å²) in [7, 11) is 0. The predicted molar refractivity (Wildman–Crippen MR) is 204 cm³/mol. The zero-order valence-corrected chi connectivity index (χ0v) is 33.4. The van der Waals surface area contributed by atoms with Crippen LogP contribution in [0.4, 0.5) is 0 Å². The van der Waals surface area contributed by atoms with Gasteiger partial charge in [-0.05, 0) is 31.2 Å². The molecule has 0 radical (unpaired) electrons. The van der Waals surface area contributed by atoms with Crippen molar-refractivity contribution < 1.29 is 119 Å². The molecule has 0 unspecified atom stereocenters. The standard InChI is InChI=1S/C39H50O25/c1-11-21(45)26(50)30(54)36(56-11)57-14-6-15(44)20-16(7-14)58-32(12-2-4-13(43)5-3-12)33(25(20)49)62-38-35(29(53)24(48)18(9-41)60-38)64-39-34(28(52)23(47)19(10-42)61-39)63-37-31(55)27(51)22(46)17(8-40)59-37/h2-7,11,17-19,21-24,26-31,34-48,50-55H,8-10H2,1H3/t11-,17-,18+,19-,21-,22+,23+,24+,26-,27-,28+,29-,30-,31+,34+,35-,36-,37+,38-,39+/m0/s1. The van der Waals surface area contributed by atoms with Gasteiger partial charge in [-0.3, -0.25) is 4.79 Å². The third kappa shape index (κ3) is 9.12. The summed E-state index contributed by atoms with van der Waals surface area (Å²) < 4.78 is 51.9. The molecule has 4 aliphatic heterocycles. The van der Waals surface area contributed by atoms with Crippen LogP contribution in [0.25, 0.3) is 22.3 Å². The van der Waals surface area contributed by atoms with Gasteiger partial charge in [-0.25, -0.2) is 0 Å². The number of rotatable bonds is 12. The molecule has 1 aromatic heterocycles. The number of benzene rings is 2. The monoisotopic (exact) mass is 918 g/mol. The van der Waals surface area contributed by atoms with E-state index in [4.69, 9.17) is 42.3 Å². The van der Waals surface area contributed by atoms with Crippen molar-refractivity contribution in [1.82, 2.24) is 0 Å². The van der Waals surface area contributed by atoms with Crippen LogP contribution in [0.1, 0.15) is 6.92 Å². The van der Waals surface area contributed by atoms with Crippen molar-refractivity contribution >= 4 is 11.0 Å². The minimum atomic E-state index is -2.14. The summed E-state index contributed by atoms with van der Waals surface area (Å²) in [4.78, 5) is 14.5. The smallest absolute Gasteiger partial charge is 0.239 e. The van der Waals surface area contributed by atoms with E-state index in [1.807, 2.05) is 0 Å². The third-order valence-corrected chi connectivity index (χ3v) is 11.4. The molecule has 356 valence electrons. The van der Waals surface area contributed by atoms with Gasteiger partial charge in [0.05, 0.1) is 25.9 Å². The first kappa shape index (κ1) is 48.0. The van der Waals surface area contributed by atoms with E-state index in [1.54, 1.807) is 0 Å². The number of phenols is 2. The zero-order valence-electron chi connectivity index (χ0n) is 33.4. The van der Waals surface area contributed by atoms with E-state index in [0.717, 1.165) is 12.1 Å². The van der Waals surface area contributed by atoms with Crippen LogP contribution in [0, 0.1) is 0 Å². The summed E-state index contributed by atoms with van der Waals surface area (Å²) in [6.45, 7) is -1.38. The summed E-state index contributed by atoms with van der Waals surface area (Å²) in [5.41, 5.74) is -1.47. The molecule has 0 spiro atoms. The largest absolute Gasteiger partial charge is 0.508 e. The van der Waals surface area contributed by atoms with E-state index in [9.17, 15) is 81.4 Å². The van der Waals surface area contributed by atoms with E-state index < -0.39 is 171 Å². The molecule has 4 aliphatic rings. The minimum absolute atomic E-state index is 0.0358. The summed E-state index contributed by atoms with van der Waals surface area (Å²) in [6.07, 6.45) is -36.4. The number of aliphatic hydroxyl groups excluding tert-OH is 13. The van der Waals surface area contributed by atoms with Crippen LogP contribution in [-0.4, -0.2) is 219 Å². The van der Waals surface area contributed by atoms with Crippen molar-refractivity contribution in [2.75, 3.05) is 19.8 Å². The van der Waals surface area contributed by atoms with Gasteiger partial charge in [-0.1, -0.05) is 0 Å². The lowest BCUT2D eigenvalue weighted by Crippen LogP contribution is -2.67. The number of hydrogen-bond donors (Lipinski definition) is 15. The van der Waals surface area contributed by atoms with Gasteiger partial charge in [-0.15, -0.1) is 0 Å². The molecule has 4 fully saturated rings. The Balaban J connectivity index is 1.27. The van der Waals surface area contributed by atoms with Gasteiger partial charge in [0.15, 0.2) is 24.4 Å². The quantitative estimate of drug-likeness (QED) is 0.0804. The van der Waals surface area contributed by atoms with Crippen LogP contribution in [-0.2, 0) is 28.4 Å². The highest BCUT2D eigenvalue weighted by Gasteiger charge is 2.55. The molecule has 7 rings (SSSR count). The van der Waals surface area contributed by atoms with Crippen molar-refractivity contribution in [2.45, 2.75) is 130 Å². The predicted octanol–water partition coefficient (Wildman–Crippen LogP) is -6.10. The van der Waals surface area contributed by atoms with Gasteiger partial charge in [0.1, 0.15) is 114 Å². The van der Waals surface area contributed by atoms with Crippen LogP contribution in [0.2, 0.25) is 0 Å². The van der Waals surface area contributed by atoms with Crippen molar-refractivity contribution in [1.29, 1.82) is 0 Å². The van der Waals surface area contributed by atoms with Crippen molar-refractivity contribution in [3.63, 3.8) is 0 Å². The van der Waals surface area contributed by atoms with Gasteiger partial charge in [0, 0.05) is 17.7 Å². The first-order valence-corrected chi connectivity index (χ1v) is 19.9. The Kier molecular flexibility index (Phi) is 14.6. The highest BCUT2D eigenvalue weighted by atomic mass is 16.8. The average Bonchev–Trinajstić information content (AvgIpc) is 3.27. The summed E-state index contributed by atoms with van der Waals surface area (Å²) in [6, 6.07) is 7.04. The van der Waals surface area contributed by atoms with Crippen LogP contribution in [0.15, 0.2) is 45.6 Å². The molecule has 0 amide bonds. The maximum Gasteiger partial charge on any atom is 0.239 e. The molecule has 64 heavy (non-hydrogen) atoms. The van der Waals surface area contributed by atoms with Gasteiger partial charge in [-0.2, -0.15) is 0 Å². The Morgan fingerprint density at radius 2 is 1.05 bits per heavy atom. The molecule has 2 aromatic carbocycles. The normalized spacial score (nSPS) is 40.6. The van der Waals surface area contributed by atoms with Gasteiger partial charge < -0.3 is 119 Å². The third-order valence-electron chi connectivity index (χ3n) is 11.4. The number of hydrogen-bond acceptors (Lipinski definition) is 25. The Morgan fingerprint density at radius 3 is 1.64 bits per heavy atom. The van der Waals surface area contributed by atoms with Crippen LogP contribution in [0.5, 0.6) is 23.0 Å². The van der Waals surface area contributed by atoms with Crippen LogP contribution in [0.3, 0.4) is 0 Å². The minimum Gasteiger partial charge on any atom is -0.508 e. The molecular formula is C39H50O25. The van der Waals surface area contributed by atoms with Gasteiger partial charge in [0.2, 0.25) is 23.8 Å². The van der Waals surface area contributed by atoms with Crippen LogP contribution < -0.4 is 14.9 Å². The Morgan fingerprint density at radius 1 is 0.547 bits per heavy atom. The molecule has 0 bridgehead atoms. The molecule has 4 saturated heterocycles. The molecule has 25 heteroatoms. The van der Waals surface area contributed by atoms with E-state index in [1.165, 1.54) is 31.2 Å². The number of ether oxygens (including phenoxy) is 8. The average molecular weight is 919 g/mol. The molecule has 3 aromatic rings. The molecule has 15 N–H and O–H groups in total. The Hall–Kier alpha value is -3.91. The number of fused-ring (bicyclic) bond motifs is 1. The highest BCUT2D eigenvalue weighted by Crippen LogP contribution is 2.40. The number of aromatic hydroxyl groups is 2. The SMILES string of the molecule is C[C@@H]1O[C@@H](Oc2cc(O)c3c(=O)c(O[C@@H]4O[C@H](CO)[C@@H](O)[C@H](O)[C@@H]4O[C@H]4O[C@@H](CO)[C@@H](O)[C@@H](O)[C@H]4O[C@H]4O[C@@H](CO)[C@@H](O)[C@H](O)[C@H]4O)c(-c4ccc(O)cc4)oc3c2)[C@@H](O)[C@@H](O)[C@H]1O. The van der Waals surface area contributed by atoms with E-state index in [-0.39, 0.29) is 22.6 Å². The highest BCUT2D eigenvalue weighted by molar-refractivity contribution is 5.88. The van der Waals surface area contributed by atoms with Gasteiger partial charge >= 0.3 is 0 Å². The fraction of sp³-hybridized carbons (Fsp3) is 0.615. The maximum absolute atomic E-state index is 14.5. The van der Waals surface area contributed by atoms with Crippen molar-refractivity contribution in [3.8, 4) is 34.3 Å². The summed E-state index contributed by atoms with van der Waals surface area (Å²) >= 11 is 0. The van der Waals surface area contributed by atoms with E-state index in [0.29, 0.717) is 0 Å². The maximum atomic E-state index is 14.5. The summed E-state index contributed by atoms with van der Waals surface area (Å²) in [5, 5.41) is 157. The fourth-order valence-corrected chi connectivity index (χ4v) is 7.69. The second-order valence-electron chi connectivity index (χ2n) is 15.7.